The fourth-order valence-corrected chi connectivity index (χ4v) is 3.77. The number of thiazole rings is 1. The molecule has 0 atom stereocenters. The predicted octanol–water partition coefficient (Wildman–Crippen LogP) is 3.40. The lowest BCUT2D eigenvalue weighted by atomic mass is 10.2. The molecule has 0 spiro atoms. The molecular formula is C19H20N2O4S. The van der Waals surface area contributed by atoms with E-state index in [4.69, 9.17) is 14.2 Å². The molecule has 0 radical (unpaired) electrons. The van der Waals surface area contributed by atoms with Crippen LogP contribution < -0.4 is 19.0 Å². The summed E-state index contributed by atoms with van der Waals surface area (Å²) in [4.78, 5) is 17.4. The second-order valence-corrected chi connectivity index (χ2v) is 6.44. The zero-order valence-electron chi connectivity index (χ0n) is 15.1. The minimum atomic E-state index is -0.312. The smallest absolute Gasteiger partial charge is 0.279 e. The average Bonchev–Trinajstić information content (AvgIpc) is 2.98. The van der Waals surface area contributed by atoms with Crippen molar-refractivity contribution in [1.82, 2.24) is 4.57 Å². The molecule has 1 amide bonds. The molecule has 6 nitrogen and oxygen atoms in total. The third-order valence-corrected chi connectivity index (χ3v) is 5.07. The van der Waals surface area contributed by atoms with E-state index in [1.54, 1.807) is 38.5 Å². The molecule has 0 unspecified atom stereocenters. The number of fused-ring (bicyclic) bond motifs is 1. The maximum atomic E-state index is 12.5. The molecule has 3 aromatic rings. The van der Waals surface area contributed by atoms with Gasteiger partial charge in [-0.15, -0.1) is 0 Å². The number of carbonyl (C=O) groups excluding carboxylic acids is 1. The molecule has 0 saturated heterocycles. The average molecular weight is 372 g/mol. The van der Waals surface area contributed by atoms with Gasteiger partial charge in [0.2, 0.25) is 0 Å². The van der Waals surface area contributed by atoms with Crippen LogP contribution in [-0.4, -0.2) is 31.3 Å². The lowest BCUT2D eigenvalue weighted by Crippen LogP contribution is -2.13. The summed E-state index contributed by atoms with van der Waals surface area (Å²) >= 11 is 1.38. The summed E-state index contributed by atoms with van der Waals surface area (Å²) in [5.41, 5.74) is 1.35. The maximum absolute atomic E-state index is 12.5. The Morgan fingerprint density at radius 1 is 1.08 bits per heavy atom. The Labute approximate surface area is 155 Å². The van der Waals surface area contributed by atoms with Crippen molar-refractivity contribution in [3.8, 4) is 17.2 Å². The Morgan fingerprint density at radius 2 is 1.73 bits per heavy atom. The molecule has 0 aliphatic heterocycles. The van der Waals surface area contributed by atoms with E-state index in [-0.39, 0.29) is 5.91 Å². The number of aryl methyl sites for hydroxylation is 1. The highest BCUT2D eigenvalue weighted by Crippen LogP contribution is 2.34. The van der Waals surface area contributed by atoms with Crippen LogP contribution in [0.4, 0.5) is 0 Å². The number of carbonyl (C=O) groups is 1. The summed E-state index contributed by atoms with van der Waals surface area (Å²) in [6, 6.07) is 10.6. The van der Waals surface area contributed by atoms with Gasteiger partial charge in [-0.1, -0.05) is 11.3 Å². The molecule has 0 fully saturated rings. The minimum absolute atomic E-state index is 0.312. The van der Waals surface area contributed by atoms with Crippen LogP contribution in [0.15, 0.2) is 41.4 Å². The van der Waals surface area contributed by atoms with Gasteiger partial charge in [0.25, 0.3) is 5.91 Å². The predicted molar refractivity (Wildman–Crippen MR) is 101 cm³/mol. The van der Waals surface area contributed by atoms with Gasteiger partial charge < -0.3 is 18.8 Å². The van der Waals surface area contributed by atoms with Crippen LogP contribution in [-0.2, 0) is 7.05 Å². The Bertz CT molecular complexity index is 1000. The molecule has 7 heteroatoms. The van der Waals surface area contributed by atoms with Crippen LogP contribution in [0.25, 0.3) is 10.2 Å². The number of amides is 1. The van der Waals surface area contributed by atoms with Crippen molar-refractivity contribution in [2.75, 3.05) is 20.8 Å². The third kappa shape index (κ3) is 3.30. The van der Waals surface area contributed by atoms with Gasteiger partial charge in [0.15, 0.2) is 4.80 Å². The van der Waals surface area contributed by atoms with Crippen LogP contribution >= 0.6 is 11.3 Å². The number of nitrogens with zero attached hydrogens (tertiary/aromatic N) is 2. The van der Waals surface area contributed by atoms with Crippen LogP contribution in [0.5, 0.6) is 17.2 Å². The van der Waals surface area contributed by atoms with Crippen LogP contribution in [0.3, 0.4) is 0 Å². The molecule has 1 heterocycles. The molecule has 0 N–H and O–H groups in total. The highest BCUT2D eigenvalue weighted by atomic mass is 32.1. The van der Waals surface area contributed by atoms with E-state index in [0.717, 1.165) is 21.7 Å². The van der Waals surface area contributed by atoms with E-state index in [0.29, 0.717) is 22.7 Å². The first kappa shape index (κ1) is 18.0. The van der Waals surface area contributed by atoms with Crippen molar-refractivity contribution >= 4 is 27.5 Å². The molecule has 0 aliphatic carbocycles. The number of aromatic nitrogens is 1. The summed E-state index contributed by atoms with van der Waals surface area (Å²) in [5.74, 6) is 1.84. The quantitative estimate of drug-likeness (QED) is 0.689. The van der Waals surface area contributed by atoms with Gasteiger partial charge >= 0.3 is 0 Å². The molecule has 136 valence electrons. The lowest BCUT2D eigenvalue weighted by molar-refractivity contribution is 0.0998. The van der Waals surface area contributed by atoms with Crippen LogP contribution in [0, 0.1) is 0 Å². The topological polar surface area (TPSA) is 62.1 Å². The monoisotopic (exact) mass is 372 g/mol. The summed E-state index contributed by atoms with van der Waals surface area (Å²) in [6.07, 6.45) is 0. The van der Waals surface area contributed by atoms with E-state index >= 15 is 0 Å². The van der Waals surface area contributed by atoms with Gasteiger partial charge in [-0.05, 0) is 43.3 Å². The Morgan fingerprint density at radius 3 is 2.35 bits per heavy atom. The van der Waals surface area contributed by atoms with E-state index in [1.165, 1.54) is 11.3 Å². The Balaban J connectivity index is 2.06. The van der Waals surface area contributed by atoms with E-state index in [2.05, 4.69) is 4.99 Å². The van der Waals surface area contributed by atoms with Gasteiger partial charge in [0.05, 0.1) is 20.8 Å². The van der Waals surface area contributed by atoms with Crippen molar-refractivity contribution in [1.29, 1.82) is 0 Å². The highest BCUT2D eigenvalue weighted by molar-refractivity contribution is 7.16. The van der Waals surface area contributed by atoms with Gasteiger partial charge in [-0.2, -0.15) is 4.99 Å². The molecule has 1 aromatic heterocycles. The lowest BCUT2D eigenvalue weighted by Gasteiger charge is -2.06. The van der Waals surface area contributed by atoms with E-state index in [9.17, 15) is 4.79 Å². The van der Waals surface area contributed by atoms with Crippen molar-refractivity contribution in [3.05, 3.63) is 46.8 Å². The molecule has 0 bridgehead atoms. The van der Waals surface area contributed by atoms with Gasteiger partial charge in [0.1, 0.15) is 27.5 Å². The van der Waals surface area contributed by atoms with Gasteiger partial charge in [0, 0.05) is 12.6 Å². The summed E-state index contributed by atoms with van der Waals surface area (Å²) in [6.45, 7) is 2.50. The Kier molecular flexibility index (Phi) is 5.27. The zero-order chi connectivity index (χ0) is 18.7. The van der Waals surface area contributed by atoms with Crippen molar-refractivity contribution < 1.29 is 19.0 Å². The first-order valence-electron chi connectivity index (χ1n) is 8.11. The second kappa shape index (κ2) is 7.61. The van der Waals surface area contributed by atoms with Crippen LogP contribution in [0.2, 0.25) is 0 Å². The third-order valence-electron chi connectivity index (χ3n) is 3.92. The van der Waals surface area contributed by atoms with Crippen molar-refractivity contribution in [2.45, 2.75) is 6.92 Å². The normalized spacial score (nSPS) is 11.6. The fourth-order valence-electron chi connectivity index (χ4n) is 2.64. The number of hydrogen-bond donors (Lipinski definition) is 0. The number of benzene rings is 2. The largest absolute Gasteiger partial charge is 0.495 e. The fraction of sp³-hybridized carbons (Fsp3) is 0.263. The maximum Gasteiger partial charge on any atom is 0.279 e. The van der Waals surface area contributed by atoms with E-state index < -0.39 is 0 Å². The molecule has 3 rings (SSSR count). The summed E-state index contributed by atoms with van der Waals surface area (Å²) in [5, 5.41) is 0. The van der Waals surface area contributed by atoms with Crippen molar-refractivity contribution in [3.63, 3.8) is 0 Å². The second-order valence-electron chi connectivity index (χ2n) is 5.47. The van der Waals surface area contributed by atoms with Crippen molar-refractivity contribution in [2.24, 2.45) is 12.0 Å². The van der Waals surface area contributed by atoms with Gasteiger partial charge in [-0.3, -0.25) is 4.79 Å². The summed E-state index contributed by atoms with van der Waals surface area (Å²) < 4.78 is 19.0. The molecule has 2 aromatic carbocycles. The first-order chi connectivity index (χ1) is 12.6. The van der Waals surface area contributed by atoms with Crippen LogP contribution in [0.1, 0.15) is 17.3 Å². The molecule has 0 saturated carbocycles. The Hall–Kier alpha value is -2.80. The van der Waals surface area contributed by atoms with Gasteiger partial charge in [-0.25, -0.2) is 0 Å². The number of rotatable bonds is 5. The minimum Gasteiger partial charge on any atom is -0.495 e. The number of methoxy groups -OCH3 is 2. The zero-order valence-corrected chi connectivity index (χ0v) is 15.9. The highest BCUT2D eigenvalue weighted by Gasteiger charge is 2.14. The summed E-state index contributed by atoms with van der Waals surface area (Å²) in [7, 11) is 5.08. The SMILES string of the molecule is CCOc1ccc(C(=O)N=c2sc3c(OC)ccc(OC)c3n2C)cc1. The number of hydrogen-bond acceptors (Lipinski definition) is 5. The molecule has 0 aliphatic rings. The first-order valence-corrected chi connectivity index (χ1v) is 8.93. The molecule has 26 heavy (non-hydrogen) atoms. The standard InChI is InChI=1S/C19H20N2O4S/c1-5-25-13-8-6-12(7-9-13)18(22)20-19-21(2)16-14(23-3)10-11-15(24-4)17(16)26-19/h6-11H,5H2,1-4H3. The molecular weight excluding hydrogens is 352 g/mol. The number of ether oxygens (including phenoxy) is 3. The van der Waals surface area contributed by atoms with E-state index in [1.807, 2.05) is 30.7 Å².